The molecule has 0 aromatic heterocycles. The molecule has 6 heteroatoms. The summed E-state index contributed by atoms with van der Waals surface area (Å²) in [6.45, 7) is 3.26. The highest BCUT2D eigenvalue weighted by atomic mass is 16.6. The van der Waals surface area contributed by atoms with Crippen LogP contribution in [0, 0.1) is 16.0 Å². The fraction of sp³-hybridized carbons (Fsp3) is 0.350. The number of nitrogens with zero attached hydrogens (tertiary/aromatic N) is 2. The van der Waals surface area contributed by atoms with Crippen LogP contribution in [0.25, 0.3) is 0 Å². The van der Waals surface area contributed by atoms with E-state index in [0.29, 0.717) is 31.6 Å². The summed E-state index contributed by atoms with van der Waals surface area (Å²) in [6.07, 6.45) is 1.39. The number of para-hydroxylation sites is 2. The Balaban J connectivity index is 1.58. The van der Waals surface area contributed by atoms with Crippen molar-refractivity contribution in [1.29, 1.82) is 0 Å². The number of nitrogens with one attached hydrogen (secondary N) is 1. The van der Waals surface area contributed by atoms with Crippen LogP contribution in [-0.4, -0.2) is 23.9 Å². The minimum absolute atomic E-state index is 0.0306. The highest BCUT2D eigenvalue weighted by Crippen LogP contribution is 2.31. The van der Waals surface area contributed by atoms with E-state index in [2.05, 4.69) is 5.32 Å². The first kappa shape index (κ1) is 17.9. The first-order chi connectivity index (χ1) is 12.6. The molecule has 1 saturated heterocycles. The molecule has 2 aromatic rings. The molecular formula is C20H23N3O3. The molecule has 1 heterocycles. The largest absolute Gasteiger partial charge is 0.366 e. The topological polar surface area (TPSA) is 75.5 Å². The molecule has 1 aliphatic heterocycles. The lowest BCUT2D eigenvalue weighted by Crippen LogP contribution is -2.41. The summed E-state index contributed by atoms with van der Waals surface area (Å²) in [7, 11) is 0. The molecule has 2 aromatic carbocycles. The number of anilines is 1. The van der Waals surface area contributed by atoms with Crippen LogP contribution in [0.4, 0.5) is 11.4 Å². The maximum atomic E-state index is 12.6. The number of piperidine rings is 1. The van der Waals surface area contributed by atoms with Crippen LogP contribution in [0.1, 0.15) is 31.4 Å². The SMILES string of the molecule is C[C@@H](NC(=O)C1CCN(c2ccccc2[N+](=O)[O-])CC1)c1ccccc1. The van der Waals surface area contributed by atoms with Gasteiger partial charge in [-0.15, -0.1) is 0 Å². The molecule has 1 N–H and O–H groups in total. The standard InChI is InChI=1S/C20H23N3O3/c1-15(16-7-3-2-4-8-16)21-20(24)17-11-13-22(14-12-17)18-9-5-6-10-19(18)23(25)26/h2-10,15,17H,11-14H2,1H3,(H,21,24)/t15-/m1/s1. The van der Waals surface area contributed by atoms with Crippen molar-refractivity contribution >= 4 is 17.3 Å². The molecule has 0 saturated carbocycles. The van der Waals surface area contributed by atoms with E-state index in [0.717, 1.165) is 5.56 Å². The maximum Gasteiger partial charge on any atom is 0.292 e. The van der Waals surface area contributed by atoms with Gasteiger partial charge < -0.3 is 10.2 Å². The molecule has 0 bridgehead atoms. The summed E-state index contributed by atoms with van der Waals surface area (Å²) < 4.78 is 0. The minimum atomic E-state index is -0.352. The van der Waals surface area contributed by atoms with Crippen molar-refractivity contribution in [1.82, 2.24) is 5.32 Å². The average molecular weight is 353 g/mol. The lowest BCUT2D eigenvalue weighted by molar-refractivity contribution is -0.384. The van der Waals surface area contributed by atoms with Gasteiger partial charge in [-0.1, -0.05) is 42.5 Å². The van der Waals surface area contributed by atoms with E-state index in [9.17, 15) is 14.9 Å². The van der Waals surface area contributed by atoms with Gasteiger partial charge in [0.25, 0.3) is 5.69 Å². The summed E-state index contributed by atoms with van der Waals surface area (Å²) in [4.78, 5) is 25.4. The van der Waals surface area contributed by atoms with Gasteiger partial charge in [-0.05, 0) is 31.4 Å². The number of hydrogen-bond acceptors (Lipinski definition) is 4. The molecule has 26 heavy (non-hydrogen) atoms. The zero-order valence-electron chi connectivity index (χ0n) is 14.8. The molecule has 136 valence electrons. The Morgan fingerprint density at radius 1 is 1.12 bits per heavy atom. The Bertz CT molecular complexity index is 771. The van der Waals surface area contributed by atoms with Gasteiger partial charge in [-0.2, -0.15) is 0 Å². The molecule has 1 amide bonds. The lowest BCUT2D eigenvalue weighted by Gasteiger charge is -2.33. The van der Waals surface area contributed by atoms with Crippen LogP contribution in [0.2, 0.25) is 0 Å². The molecule has 0 radical (unpaired) electrons. The second-order valence-corrected chi connectivity index (χ2v) is 6.65. The fourth-order valence-electron chi connectivity index (χ4n) is 3.42. The fourth-order valence-corrected chi connectivity index (χ4v) is 3.42. The van der Waals surface area contributed by atoms with Crippen LogP contribution < -0.4 is 10.2 Å². The van der Waals surface area contributed by atoms with Crippen LogP contribution >= 0.6 is 0 Å². The van der Waals surface area contributed by atoms with Crippen LogP contribution in [0.15, 0.2) is 54.6 Å². The van der Waals surface area contributed by atoms with Gasteiger partial charge in [-0.25, -0.2) is 0 Å². The van der Waals surface area contributed by atoms with Gasteiger partial charge in [0.05, 0.1) is 11.0 Å². The second-order valence-electron chi connectivity index (χ2n) is 6.65. The molecule has 1 aliphatic rings. The summed E-state index contributed by atoms with van der Waals surface area (Å²) in [5.74, 6) is 0.00347. The number of carbonyl (C=O) groups excluding carboxylic acids is 1. The Kier molecular flexibility index (Phi) is 5.51. The third-order valence-electron chi connectivity index (χ3n) is 4.94. The van der Waals surface area contributed by atoms with E-state index in [1.807, 2.05) is 48.2 Å². The minimum Gasteiger partial charge on any atom is -0.366 e. The van der Waals surface area contributed by atoms with Gasteiger partial charge in [-0.3, -0.25) is 14.9 Å². The van der Waals surface area contributed by atoms with Gasteiger partial charge in [0, 0.05) is 25.1 Å². The number of nitro benzene ring substituents is 1. The average Bonchev–Trinajstić information content (AvgIpc) is 2.68. The van der Waals surface area contributed by atoms with Crippen molar-refractivity contribution in [3.63, 3.8) is 0 Å². The molecule has 0 unspecified atom stereocenters. The van der Waals surface area contributed by atoms with Crippen molar-refractivity contribution in [2.24, 2.45) is 5.92 Å². The Morgan fingerprint density at radius 2 is 1.73 bits per heavy atom. The smallest absolute Gasteiger partial charge is 0.292 e. The van der Waals surface area contributed by atoms with Gasteiger partial charge >= 0.3 is 0 Å². The summed E-state index contributed by atoms with van der Waals surface area (Å²) in [6, 6.07) is 16.6. The number of benzene rings is 2. The predicted molar refractivity (Wildman–Crippen MR) is 101 cm³/mol. The van der Waals surface area contributed by atoms with E-state index >= 15 is 0 Å². The number of amides is 1. The monoisotopic (exact) mass is 353 g/mol. The van der Waals surface area contributed by atoms with Crippen molar-refractivity contribution < 1.29 is 9.72 Å². The van der Waals surface area contributed by atoms with Gasteiger partial charge in [0.2, 0.25) is 5.91 Å². The zero-order chi connectivity index (χ0) is 18.5. The first-order valence-corrected chi connectivity index (χ1v) is 8.90. The highest BCUT2D eigenvalue weighted by molar-refractivity contribution is 5.79. The van der Waals surface area contributed by atoms with E-state index < -0.39 is 0 Å². The van der Waals surface area contributed by atoms with Crippen LogP contribution in [-0.2, 0) is 4.79 Å². The molecule has 6 nitrogen and oxygen atoms in total. The Hall–Kier alpha value is -2.89. The number of carbonyl (C=O) groups is 1. The summed E-state index contributed by atoms with van der Waals surface area (Å²) in [5.41, 5.74) is 1.83. The molecule has 3 rings (SSSR count). The molecule has 0 spiro atoms. The van der Waals surface area contributed by atoms with E-state index in [1.165, 1.54) is 6.07 Å². The summed E-state index contributed by atoms with van der Waals surface area (Å²) in [5, 5.41) is 14.3. The Labute approximate surface area is 153 Å². The molecule has 1 atom stereocenters. The van der Waals surface area contributed by atoms with Crippen LogP contribution in [0.5, 0.6) is 0 Å². The van der Waals surface area contributed by atoms with Gasteiger partial charge in [0.15, 0.2) is 0 Å². The second kappa shape index (κ2) is 7.99. The molecule has 0 aliphatic carbocycles. The van der Waals surface area contributed by atoms with Crippen LogP contribution in [0.3, 0.4) is 0 Å². The molecular weight excluding hydrogens is 330 g/mol. The normalized spacial score (nSPS) is 16.1. The van der Waals surface area contributed by atoms with Crippen molar-refractivity contribution in [3.05, 3.63) is 70.3 Å². The van der Waals surface area contributed by atoms with E-state index in [1.54, 1.807) is 12.1 Å². The number of hydrogen-bond donors (Lipinski definition) is 1. The quantitative estimate of drug-likeness (QED) is 0.657. The van der Waals surface area contributed by atoms with Gasteiger partial charge in [0.1, 0.15) is 5.69 Å². The maximum absolute atomic E-state index is 12.6. The number of rotatable bonds is 5. The number of nitro groups is 1. The lowest BCUT2D eigenvalue weighted by atomic mass is 9.94. The highest BCUT2D eigenvalue weighted by Gasteiger charge is 2.28. The van der Waals surface area contributed by atoms with Crippen molar-refractivity contribution in [3.8, 4) is 0 Å². The third-order valence-corrected chi connectivity index (χ3v) is 4.94. The third kappa shape index (κ3) is 4.02. The first-order valence-electron chi connectivity index (χ1n) is 8.90. The van der Waals surface area contributed by atoms with Crippen molar-refractivity contribution in [2.45, 2.75) is 25.8 Å². The Morgan fingerprint density at radius 3 is 2.38 bits per heavy atom. The predicted octanol–water partition coefficient (Wildman–Crippen LogP) is 3.69. The molecule has 1 fully saturated rings. The van der Waals surface area contributed by atoms with E-state index in [4.69, 9.17) is 0 Å². The zero-order valence-corrected chi connectivity index (χ0v) is 14.8. The van der Waals surface area contributed by atoms with Crippen molar-refractivity contribution in [2.75, 3.05) is 18.0 Å². The summed E-state index contributed by atoms with van der Waals surface area (Å²) >= 11 is 0. The van der Waals surface area contributed by atoms with E-state index in [-0.39, 0.29) is 28.5 Å².